The predicted molar refractivity (Wildman–Crippen MR) is 86.9 cm³/mol. The Bertz CT molecular complexity index is 571. The van der Waals surface area contributed by atoms with E-state index in [0.29, 0.717) is 0 Å². The third kappa shape index (κ3) is 4.40. The first-order valence-corrected chi connectivity index (χ1v) is 7.66. The lowest BCUT2D eigenvalue weighted by atomic mass is 9.97. The molecule has 1 fully saturated rings. The number of aliphatic hydroxyl groups is 3. The zero-order chi connectivity index (χ0) is 17.7. The van der Waals surface area contributed by atoms with Crippen molar-refractivity contribution in [2.45, 2.75) is 37.6 Å². The Morgan fingerprint density at radius 1 is 1.29 bits per heavy atom. The van der Waals surface area contributed by atoms with Gasteiger partial charge in [0.1, 0.15) is 24.4 Å². The molecule has 0 aliphatic carbocycles. The molecule has 0 bridgehead atoms. The Balaban J connectivity index is 2.02. The number of hydrogen-bond donors (Lipinski definition) is 4. The average Bonchev–Trinajstić information content (AvgIpc) is 2.59. The van der Waals surface area contributed by atoms with E-state index >= 15 is 0 Å². The number of benzene rings is 1. The van der Waals surface area contributed by atoms with E-state index in [1.54, 1.807) is 6.08 Å². The summed E-state index contributed by atoms with van der Waals surface area (Å²) in [6, 6.07) is 6.67. The van der Waals surface area contributed by atoms with Crippen LogP contribution < -0.4 is 5.32 Å². The van der Waals surface area contributed by atoms with Crippen molar-refractivity contribution in [3.8, 4) is 0 Å². The summed E-state index contributed by atoms with van der Waals surface area (Å²) in [7, 11) is 1.35. The van der Waals surface area contributed by atoms with E-state index in [9.17, 15) is 15.0 Å². The van der Waals surface area contributed by atoms with Gasteiger partial charge < -0.3 is 30.1 Å². The molecule has 1 amide bonds. The normalized spacial score (nSPS) is 30.5. The molecule has 7 nitrogen and oxygen atoms in total. The Hall–Kier alpha value is -1.77. The summed E-state index contributed by atoms with van der Waals surface area (Å²) >= 11 is 0. The van der Waals surface area contributed by atoms with Crippen LogP contribution >= 0.6 is 0 Å². The van der Waals surface area contributed by atoms with Gasteiger partial charge in [-0.05, 0) is 18.6 Å². The van der Waals surface area contributed by atoms with Crippen LogP contribution in [0.5, 0.6) is 0 Å². The number of carbonyl (C=O) groups excluding carboxylic acids is 1. The second-order valence-electron chi connectivity index (χ2n) is 5.72. The van der Waals surface area contributed by atoms with Crippen molar-refractivity contribution in [1.82, 2.24) is 5.32 Å². The summed E-state index contributed by atoms with van der Waals surface area (Å²) in [5.41, 5.74) is 1.98. The Labute approximate surface area is 140 Å². The van der Waals surface area contributed by atoms with Gasteiger partial charge in [-0.1, -0.05) is 29.8 Å². The predicted octanol–water partition coefficient (Wildman–Crippen LogP) is -0.422. The van der Waals surface area contributed by atoms with Gasteiger partial charge in [0.2, 0.25) is 5.91 Å². The molecule has 1 aromatic carbocycles. The Morgan fingerprint density at radius 2 is 1.96 bits per heavy atom. The summed E-state index contributed by atoms with van der Waals surface area (Å²) in [6.07, 6.45) is -1.63. The number of aryl methyl sites for hydroxylation is 1. The van der Waals surface area contributed by atoms with Crippen molar-refractivity contribution in [1.29, 1.82) is 0 Å². The quantitative estimate of drug-likeness (QED) is 0.544. The van der Waals surface area contributed by atoms with Gasteiger partial charge in [-0.25, -0.2) is 0 Å². The minimum absolute atomic E-state index is 0.458. The van der Waals surface area contributed by atoms with Crippen LogP contribution in [0.4, 0.5) is 0 Å². The highest BCUT2D eigenvalue weighted by Crippen LogP contribution is 2.21. The number of hydrogen-bond acceptors (Lipinski definition) is 6. The van der Waals surface area contributed by atoms with Crippen LogP contribution in [0.2, 0.25) is 0 Å². The van der Waals surface area contributed by atoms with E-state index in [0.717, 1.165) is 11.1 Å². The number of aliphatic hydroxyl groups excluding tert-OH is 3. The van der Waals surface area contributed by atoms with Crippen molar-refractivity contribution < 1.29 is 29.6 Å². The van der Waals surface area contributed by atoms with Crippen LogP contribution in [0.3, 0.4) is 0 Å². The van der Waals surface area contributed by atoms with Crippen LogP contribution in [0.15, 0.2) is 30.3 Å². The molecule has 5 unspecified atom stereocenters. The van der Waals surface area contributed by atoms with Gasteiger partial charge in [-0.15, -0.1) is 0 Å². The van der Waals surface area contributed by atoms with Crippen LogP contribution in [-0.4, -0.2) is 65.6 Å². The monoisotopic (exact) mass is 337 g/mol. The number of nitrogens with one attached hydrogen (secondary N) is 1. The molecule has 4 N–H and O–H groups in total. The molecule has 1 aromatic rings. The lowest BCUT2D eigenvalue weighted by Crippen LogP contribution is -2.64. The molecule has 0 aromatic heterocycles. The van der Waals surface area contributed by atoms with E-state index in [4.69, 9.17) is 14.6 Å². The maximum atomic E-state index is 12.1. The number of ether oxygens (including phenoxy) is 2. The second kappa shape index (κ2) is 8.36. The summed E-state index contributed by atoms with van der Waals surface area (Å²) in [5.74, 6) is -0.458. The first kappa shape index (κ1) is 18.6. The molecule has 0 radical (unpaired) electrons. The highest BCUT2D eigenvalue weighted by atomic mass is 16.7. The standard InChI is InChI=1S/C17H23NO6/c1-10-3-5-11(6-4-10)7-8-13(20)18-14-16(22)15(21)12(9-19)24-17(14)23-2/h3-8,12,14-17,19,21-22H,9H2,1-2H3,(H,18,20)/b8-7+. The van der Waals surface area contributed by atoms with Crippen LogP contribution in [-0.2, 0) is 14.3 Å². The van der Waals surface area contributed by atoms with Crippen LogP contribution in [0.25, 0.3) is 6.08 Å². The molecule has 1 heterocycles. The maximum absolute atomic E-state index is 12.1. The molecular weight excluding hydrogens is 314 g/mol. The van der Waals surface area contributed by atoms with Gasteiger partial charge in [0, 0.05) is 13.2 Å². The fourth-order valence-electron chi connectivity index (χ4n) is 2.50. The lowest BCUT2D eigenvalue weighted by molar-refractivity contribution is -0.262. The summed E-state index contributed by atoms with van der Waals surface area (Å²) in [5, 5.41) is 31.8. The van der Waals surface area contributed by atoms with Crippen LogP contribution in [0.1, 0.15) is 11.1 Å². The van der Waals surface area contributed by atoms with Gasteiger partial charge in [0.15, 0.2) is 6.29 Å². The highest BCUT2D eigenvalue weighted by Gasteiger charge is 2.44. The average molecular weight is 337 g/mol. The number of rotatable bonds is 5. The second-order valence-corrected chi connectivity index (χ2v) is 5.72. The van der Waals surface area contributed by atoms with Crippen molar-refractivity contribution in [3.63, 3.8) is 0 Å². The van der Waals surface area contributed by atoms with E-state index in [1.807, 2.05) is 31.2 Å². The van der Waals surface area contributed by atoms with Gasteiger partial charge in [0.25, 0.3) is 0 Å². The van der Waals surface area contributed by atoms with Gasteiger partial charge in [0.05, 0.1) is 6.61 Å². The zero-order valence-electron chi connectivity index (χ0n) is 13.6. The van der Waals surface area contributed by atoms with Crippen LogP contribution in [0, 0.1) is 6.92 Å². The van der Waals surface area contributed by atoms with Crippen molar-refractivity contribution >= 4 is 12.0 Å². The first-order chi connectivity index (χ1) is 11.5. The van der Waals surface area contributed by atoms with Gasteiger partial charge in [-0.3, -0.25) is 4.79 Å². The highest BCUT2D eigenvalue weighted by molar-refractivity contribution is 5.92. The summed E-state index contributed by atoms with van der Waals surface area (Å²) < 4.78 is 10.4. The van der Waals surface area contributed by atoms with E-state index in [-0.39, 0.29) is 0 Å². The number of amides is 1. The molecule has 5 atom stereocenters. The zero-order valence-corrected chi connectivity index (χ0v) is 13.6. The smallest absolute Gasteiger partial charge is 0.244 e. The molecule has 7 heteroatoms. The Morgan fingerprint density at radius 3 is 2.54 bits per heavy atom. The molecule has 132 valence electrons. The fourth-order valence-corrected chi connectivity index (χ4v) is 2.50. The molecule has 1 aliphatic heterocycles. The molecule has 2 rings (SSSR count). The molecule has 0 spiro atoms. The largest absolute Gasteiger partial charge is 0.394 e. The van der Waals surface area contributed by atoms with E-state index < -0.39 is 43.2 Å². The van der Waals surface area contributed by atoms with E-state index in [1.165, 1.54) is 13.2 Å². The molecular formula is C17H23NO6. The third-order valence-corrected chi connectivity index (χ3v) is 3.93. The van der Waals surface area contributed by atoms with Gasteiger partial charge >= 0.3 is 0 Å². The minimum atomic E-state index is -1.33. The van der Waals surface area contributed by atoms with Crippen molar-refractivity contribution in [3.05, 3.63) is 41.5 Å². The number of carbonyl (C=O) groups is 1. The van der Waals surface area contributed by atoms with E-state index in [2.05, 4.69) is 5.32 Å². The topological polar surface area (TPSA) is 108 Å². The third-order valence-electron chi connectivity index (χ3n) is 3.93. The minimum Gasteiger partial charge on any atom is -0.394 e. The SMILES string of the molecule is COC1OC(CO)C(O)C(O)C1NC(=O)/C=C/c1ccc(C)cc1. The molecule has 1 saturated heterocycles. The summed E-state index contributed by atoms with van der Waals surface area (Å²) in [4.78, 5) is 12.1. The van der Waals surface area contributed by atoms with Crippen molar-refractivity contribution in [2.75, 3.05) is 13.7 Å². The first-order valence-electron chi connectivity index (χ1n) is 7.66. The molecule has 0 saturated carbocycles. The molecule has 1 aliphatic rings. The lowest BCUT2D eigenvalue weighted by Gasteiger charge is -2.41. The fraction of sp³-hybridized carbons (Fsp3) is 0.471. The maximum Gasteiger partial charge on any atom is 0.244 e. The molecule has 24 heavy (non-hydrogen) atoms. The Kier molecular flexibility index (Phi) is 6.47. The number of methoxy groups -OCH3 is 1. The summed E-state index contributed by atoms with van der Waals surface area (Å²) in [6.45, 7) is 1.51. The van der Waals surface area contributed by atoms with Crippen molar-refractivity contribution in [2.24, 2.45) is 0 Å². The van der Waals surface area contributed by atoms with Gasteiger partial charge in [-0.2, -0.15) is 0 Å².